The number of piperidine rings is 1. The molecule has 1 fully saturated rings. The summed E-state index contributed by atoms with van der Waals surface area (Å²) in [4.78, 5) is 21.9. The van der Waals surface area contributed by atoms with E-state index in [0.717, 1.165) is 0 Å². The second-order valence-corrected chi connectivity index (χ2v) is 7.24. The highest BCUT2D eigenvalue weighted by Gasteiger charge is 2.26. The molecule has 1 aliphatic heterocycles. The Bertz CT molecular complexity index is 950. The lowest BCUT2D eigenvalue weighted by Gasteiger charge is -2.31. The van der Waals surface area contributed by atoms with Gasteiger partial charge >= 0.3 is 6.09 Å². The van der Waals surface area contributed by atoms with Crippen LogP contribution in [-0.2, 0) is 4.74 Å². The number of carbonyl (C=O) groups excluding carboxylic acids is 1. The zero-order valence-corrected chi connectivity index (χ0v) is 17.2. The first-order chi connectivity index (χ1) is 14.4. The molecule has 1 amide bonds. The Morgan fingerprint density at radius 2 is 1.97 bits per heavy atom. The van der Waals surface area contributed by atoms with Crippen LogP contribution in [0.3, 0.4) is 0 Å². The van der Waals surface area contributed by atoms with Crippen LogP contribution in [0.2, 0.25) is 0 Å². The molecule has 2 heterocycles. The molecule has 158 valence electrons. The number of benzene rings is 1. The summed E-state index contributed by atoms with van der Waals surface area (Å²) in [6, 6.07) is 4.27. The number of halogens is 1. The Labute approximate surface area is 175 Å². The Balaban J connectivity index is 1.63. The molecule has 1 saturated heterocycles. The molecule has 0 aliphatic carbocycles. The zero-order valence-electron chi connectivity index (χ0n) is 17.2. The van der Waals surface area contributed by atoms with E-state index in [2.05, 4.69) is 15.9 Å². The van der Waals surface area contributed by atoms with Crippen LogP contribution in [-0.4, -0.2) is 46.3 Å². The number of hydrogen-bond acceptors (Lipinski definition) is 6. The average molecular weight is 413 g/mol. The Morgan fingerprint density at radius 3 is 2.60 bits per heavy atom. The van der Waals surface area contributed by atoms with Crippen molar-refractivity contribution in [2.45, 2.75) is 45.8 Å². The number of nitrogens with zero attached hydrogens (tertiary/aromatic N) is 3. The van der Waals surface area contributed by atoms with Gasteiger partial charge in [-0.15, -0.1) is 6.42 Å². The van der Waals surface area contributed by atoms with Crippen LogP contribution >= 0.6 is 0 Å². The van der Waals surface area contributed by atoms with E-state index >= 15 is 0 Å². The van der Waals surface area contributed by atoms with Gasteiger partial charge in [-0.2, -0.15) is 0 Å². The fourth-order valence-electron chi connectivity index (χ4n) is 3.01. The van der Waals surface area contributed by atoms with Crippen molar-refractivity contribution in [3.8, 4) is 29.9 Å². The number of amides is 1. The maximum absolute atomic E-state index is 14.2. The molecule has 3 rings (SSSR count). The van der Waals surface area contributed by atoms with Gasteiger partial charge in [0.05, 0.1) is 11.7 Å². The highest BCUT2D eigenvalue weighted by molar-refractivity contribution is 5.67. The largest absolute Gasteiger partial charge is 0.474 e. The first kappa shape index (κ1) is 21.4. The van der Waals surface area contributed by atoms with Gasteiger partial charge in [-0.05, 0) is 39.0 Å². The Kier molecular flexibility index (Phi) is 6.72. The van der Waals surface area contributed by atoms with Gasteiger partial charge in [-0.1, -0.05) is 5.92 Å². The number of ether oxygens (including phenoxy) is 3. The molecule has 1 aromatic carbocycles. The first-order valence-electron chi connectivity index (χ1n) is 9.75. The summed E-state index contributed by atoms with van der Waals surface area (Å²) in [5.41, 5.74) is 0.978. The molecule has 30 heavy (non-hydrogen) atoms. The lowest BCUT2D eigenvalue weighted by atomic mass is 10.1. The minimum absolute atomic E-state index is 0.0127. The van der Waals surface area contributed by atoms with Crippen LogP contribution in [0.5, 0.6) is 17.5 Å². The molecule has 0 unspecified atom stereocenters. The van der Waals surface area contributed by atoms with Crippen molar-refractivity contribution in [1.29, 1.82) is 0 Å². The van der Waals surface area contributed by atoms with Crippen LogP contribution in [0.25, 0.3) is 0 Å². The Morgan fingerprint density at radius 1 is 1.27 bits per heavy atom. The van der Waals surface area contributed by atoms with Gasteiger partial charge in [0.15, 0.2) is 11.6 Å². The van der Waals surface area contributed by atoms with E-state index < -0.39 is 5.82 Å². The predicted octanol–water partition coefficient (Wildman–Crippen LogP) is 4.09. The third kappa shape index (κ3) is 5.17. The van der Waals surface area contributed by atoms with Crippen molar-refractivity contribution in [3.63, 3.8) is 0 Å². The minimum Gasteiger partial charge on any atom is -0.474 e. The lowest BCUT2D eigenvalue weighted by molar-refractivity contribution is 0.0505. The topological polar surface area (TPSA) is 73.8 Å². The summed E-state index contributed by atoms with van der Waals surface area (Å²) in [7, 11) is 0. The smallest absolute Gasteiger partial charge is 0.410 e. The summed E-state index contributed by atoms with van der Waals surface area (Å²) >= 11 is 0. The molecule has 0 radical (unpaired) electrons. The number of aromatic nitrogens is 2. The summed E-state index contributed by atoms with van der Waals surface area (Å²) in [6.45, 7) is 6.46. The standard InChI is InChI=1S/C22H24FN3O4/c1-5-16-6-7-19(18(23)12-16)30-21-15(4)20(24-13-25-21)29-17-8-10-26(11-9-17)22(27)28-14(2)3/h1,6-7,12-14,17H,8-11H2,2-4H3. The van der Waals surface area contributed by atoms with E-state index in [1.165, 1.54) is 18.5 Å². The zero-order chi connectivity index (χ0) is 21.7. The number of rotatable bonds is 5. The van der Waals surface area contributed by atoms with Crippen LogP contribution in [0.15, 0.2) is 24.5 Å². The van der Waals surface area contributed by atoms with E-state index in [-0.39, 0.29) is 29.9 Å². The molecule has 0 atom stereocenters. The van der Waals surface area contributed by atoms with E-state index in [1.54, 1.807) is 17.9 Å². The van der Waals surface area contributed by atoms with Crippen molar-refractivity contribution in [1.82, 2.24) is 14.9 Å². The molecule has 7 nitrogen and oxygen atoms in total. The van der Waals surface area contributed by atoms with Gasteiger partial charge in [0.1, 0.15) is 12.4 Å². The van der Waals surface area contributed by atoms with Crippen molar-refractivity contribution in [2.75, 3.05) is 13.1 Å². The van der Waals surface area contributed by atoms with Crippen LogP contribution in [0, 0.1) is 25.1 Å². The van der Waals surface area contributed by atoms with E-state index in [4.69, 9.17) is 20.6 Å². The fraction of sp³-hybridized carbons (Fsp3) is 0.409. The van der Waals surface area contributed by atoms with Gasteiger partial charge in [0, 0.05) is 31.5 Å². The second kappa shape index (κ2) is 9.44. The van der Waals surface area contributed by atoms with Gasteiger partial charge in [-0.3, -0.25) is 0 Å². The van der Waals surface area contributed by atoms with Gasteiger partial charge in [-0.25, -0.2) is 19.2 Å². The van der Waals surface area contributed by atoms with E-state index in [1.807, 2.05) is 13.8 Å². The van der Waals surface area contributed by atoms with Crippen LogP contribution in [0.4, 0.5) is 9.18 Å². The van der Waals surface area contributed by atoms with E-state index in [0.29, 0.717) is 42.9 Å². The third-order valence-electron chi connectivity index (χ3n) is 4.61. The van der Waals surface area contributed by atoms with Crippen molar-refractivity contribution in [3.05, 3.63) is 41.5 Å². The van der Waals surface area contributed by atoms with Crippen molar-refractivity contribution < 1.29 is 23.4 Å². The molecular weight excluding hydrogens is 389 g/mol. The molecule has 1 aromatic heterocycles. The predicted molar refractivity (Wildman–Crippen MR) is 108 cm³/mol. The van der Waals surface area contributed by atoms with Crippen molar-refractivity contribution in [2.24, 2.45) is 0 Å². The van der Waals surface area contributed by atoms with Crippen LogP contribution in [0.1, 0.15) is 37.8 Å². The number of terminal acetylenes is 1. The molecular formula is C22H24FN3O4. The molecule has 2 aromatic rings. The van der Waals surface area contributed by atoms with E-state index in [9.17, 15) is 9.18 Å². The monoisotopic (exact) mass is 413 g/mol. The molecule has 8 heteroatoms. The fourth-order valence-corrected chi connectivity index (χ4v) is 3.01. The number of carbonyl (C=O) groups is 1. The van der Waals surface area contributed by atoms with Crippen LogP contribution < -0.4 is 9.47 Å². The van der Waals surface area contributed by atoms with Gasteiger partial charge in [0.2, 0.25) is 11.8 Å². The third-order valence-corrected chi connectivity index (χ3v) is 4.61. The molecule has 0 saturated carbocycles. The summed E-state index contributed by atoms with van der Waals surface area (Å²) in [5.74, 6) is 2.37. The normalized spacial score (nSPS) is 14.3. The number of hydrogen-bond donors (Lipinski definition) is 0. The summed E-state index contributed by atoms with van der Waals surface area (Å²) < 4.78 is 31.0. The summed E-state index contributed by atoms with van der Waals surface area (Å²) in [6.07, 6.45) is 7.31. The summed E-state index contributed by atoms with van der Waals surface area (Å²) in [5, 5.41) is 0. The highest BCUT2D eigenvalue weighted by atomic mass is 19.1. The molecule has 0 N–H and O–H groups in total. The van der Waals surface area contributed by atoms with Gasteiger partial charge < -0.3 is 19.1 Å². The molecule has 0 spiro atoms. The maximum Gasteiger partial charge on any atom is 0.410 e. The quantitative estimate of drug-likeness (QED) is 0.688. The maximum atomic E-state index is 14.2. The first-order valence-corrected chi connectivity index (χ1v) is 9.75. The highest BCUT2D eigenvalue weighted by Crippen LogP contribution is 2.30. The number of likely N-dealkylation sites (tertiary alicyclic amines) is 1. The minimum atomic E-state index is -0.577. The Hall–Kier alpha value is -3.34. The molecule has 0 bridgehead atoms. The van der Waals surface area contributed by atoms with Crippen molar-refractivity contribution >= 4 is 6.09 Å². The average Bonchev–Trinajstić information content (AvgIpc) is 2.72. The second-order valence-electron chi connectivity index (χ2n) is 7.24. The lowest BCUT2D eigenvalue weighted by Crippen LogP contribution is -2.42. The van der Waals surface area contributed by atoms with Gasteiger partial charge in [0.25, 0.3) is 0 Å². The molecule has 1 aliphatic rings. The SMILES string of the molecule is C#Cc1ccc(Oc2ncnc(OC3CCN(C(=O)OC(C)C)CC3)c2C)c(F)c1.